The maximum Gasteiger partial charge on any atom is 0.262 e. The number of nitrogens with one attached hydrogen (secondary N) is 1. The van der Waals surface area contributed by atoms with Crippen molar-refractivity contribution >= 4 is 27.5 Å². The average Bonchev–Trinajstić information content (AvgIpc) is 3.11. The second-order valence-corrected chi connectivity index (χ2v) is 7.76. The van der Waals surface area contributed by atoms with Gasteiger partial charge in [-0.1, -0.05) is 26.2 Å². The normalized spacial score (nSPS) is 14.8. The molecule has 0 radical (unpaired) electrons. The molecule has 5 nitrogen and oxygen atoms in total. The van der Waals surface area contributed by atoms with Crippen LogP contribution >= 0.6 is 11.3 Å². The van der Waals surface area contributed by atoms with Crippen LogP contribution in [0.15, 0.2) is 11.1 Å². The zero-order valence-corrected chi connectivity index (χ0v) is 15.2. The molecule has 0 spiro atoms. The molecule has 0 bridgehead atoms. The second kappa shape index (κ2) is 7.47. The van der Waals surface area contributed by atoms with Crippen LogP contribution in [0.25, 0.3) is 10.2 Å². The maximum absolute atomic E-state index is 12.7. The fraction of sp³-hybridized carbons (Fsp3) is 0.611. The third kappa shape index (κ3) is 3.53. The Kier molecular flexibility index (Phi) is 5.33. The summed E-state index contributed by atoms with van der Waals surface area (Å²) in [5, 5.41) is 3.72. The highest BCUT2D eigenvalue weighted by Gasteiger charge is 2.21. The molecule has 3 rings (SSSR count). The fourth-order valence-electron chi connectivity index (χ4n) is 3.38. The van der Waals surface area contributed by atoms with Gasteiger partial charge in [0, 0.05) is 10.9 Å². The van der Waals surface area contributed by atoms with Gasteiger partial charge >= 0.3 is 0 Å². The van der Waals surface area contributed by atoms with Crippen LogP contribution in [-0.2, 0) is 24.2 Å². The molecule has 6 heteroatoms. The number of fused-ring (bicyclic) bond motifs is 3. The van der Waals surface area contributed by atoms with E-state index in [0.717, 1.165) is 47.9 Å². The van der Waals surface area contributed by atoms with Crippen molar-refractivity contribution in [2.24, 2.45) is 0 Å². The van der Waals surface area contributed by atoms with Crippen LogP contribution in [0.5, 0.6) is 0 Å². The highest BCUT2D eigenvalue weighted by atomic mass is 32.1. The molecule has 0 aromatic carbocycles. The van der Waals surface area contributed by atoms with Gasteiger partial charge in [-0.15, -0.1) is 11.3 Å². The van der Waals surface area contributed by atoms with E-state index in [4.69, 9.17) is 0 Å². The Morgan fingerprint density at radius 1 is 1.42 bits per heavy atom. The minimum absolute atomic E-state index is 0.0461. The Labute approximate surface area is 146 Å². The van der Waals surface area contributed by atoms with Crippen LogP contribution in [0, 0.1) is 0 Å². The number of aryl methyl sites for hydroxylation is 2. The highest BCUT2D eigenvalue weighted by Crippen LogP contribution is 2.34. The summed E-state index contributed by atoms with van der Waals surface area (Å²) in [6.45, 7) is 4.23. The zero-order chi connectivity index (χ0) is 17.1. The summed E-state index contributed by atoms with van der Waals surface area (Å²) in [7, 11) is 0. The first kappa shape index (κ1) is 17.1. The lowest BCUT2D eigenvalue weighted by Gasteiger charge is -2.14. The van der Waals surface area contributed by atoms with Crippen molar-refractivity contribution in [3.8, 4) is 0 Å². The summed E-state index contributed by atoms with van der Waals surface area (Å²) in [4.78, 5) is 31.5. The van der Waals surface area contributed by atoms with Crippen LogP contribution in [0.3, 0.4) is 0 Å². The van der Waals surface area contributed by atoms with Gasteiger partial charge in [0.15, 0.2) is 0 Å². The Balaban J connectivity index is 1.70. The Bertz CT molecular complexity index is 793. The number of hydrogen-bond donors (Lipinski definition) is 1. The second-order valence-electron chi connectivity index (χ2n) is 6.68. The van der Waals surface area contributed by atoms with Crippen molar-refractivity contribution in [3.63, 3.8) is 0 Å². The third-order valence-electron chi connectivity index (χ3n) is 4.65. The van der Waals surface area contributed by atoms with Gasteiger partial charge in [0.2, 0.25) is 5.91 Å². The first-order chi connectivity index (χ1) is 11.6. The lowest BCUT2D eigenvalue weighted by atomic mass is 10.1. The van der Waals surface area contributed by atoms with Gasteiger partial charge in [-0.2, -0.15) is 0 Å². The van der Waals surface area contributed by atoms with E-state index in [-0.39, 0.29) is 24.1 Å². The zero-order valence-electron chi connectivity index (χ0n) is 14.4. The summed E-state index contributed by atoms with van der Waals surface area (Å²) >= 11 is 1.62. The molecule has 2 aromatic rings. The minimum atomic E-state index is -0.117. The van der Waals surface area contributed by atoms with Crippen molar-refractivity contribution in [1.82, 2.24) is 14.9 Å². The number of nitrogens with zero attached hydrogens (tertiary/aromatic N) is 2. The van der Waals surface area contributed by atoms with Gasteiger partial charge in [0.1, 0.15) is 11.4 Å². The molecule has 1 atom stereocenters. The molecule has 0 saturated heterocycles. The van der Waals surface area contributed by atoms with E-state index in [0.29, 0.717) is 0 Å². The van der Waals surface area contributed by atoms with Gasteiger partial charge in [0.05, 0.1) is 11.7 Å². The number of carbonyl (C=O) groups is 1. The first-order valence-corrected chi connectivity index (χ1v) is 9.70. The molecule has 2 heterocycles. The molecule has 0 aliphatic heterocycles. The van der Waals surface area contributed by atoms with Crippen LogP contribution < -0.4 is 10.9 Å². The standard InChI is InChI=1S/C18H25N3O2S/c1-3-4-5-7-12(2)20-15(22)10-21-11-19-17-16(18(21)23)13-8-6-9-14(13)24-17/h11-12H,3-10H2,1-2H3,(H,20,22)/t12-/m1/s1. The Morgan fingerprint density at radius 2 is 2.25 bits per heavy atom. The number of thiophene rings is 1. The van der Waals surface area contributed by atoms with Crippen LogP contribution in [0.1, 0.15) is 56.4 Å². The third-order valence-corrected chi connectivity index (χ3v) is 5.85. The number of aromatic nitrogens is 2. The molecular weight excluding hydrogens is 322 g/mol. The lowest BCUT2D eigenvalue weighted by Crippen LogP contribution is -2.37. The molecule has 1 aliphatic carbocycles. The summed E-state index contributed by atoms with van der Waals surface area (Å²) < 4.78 is 1.45. The summed E-state index contributed by atoms with van der Waals surface area (Å²) in [5.74, 6) is -0.117. The van der Waals surface area contributed by atoms with Crippen molar-refractivity contribution in [2.45, 2.75) is 71.4 Å². The minimum Gasteiger partial charge on any atom is -0.352 e. The van der Waals surface area contributed by atoms with Crippen molar-refractivity contribution < 1.29 is 4.79 Å². The topological polar surface area (TPSA) is 64.0 Å². The van der Waals surface area contributed by atoms with E-state index >= 15 is 0 Å². The molecule has 130 valence electrons. The van der Waals surface area contributed by atoms with E-state index in [1.807, 2.05) is 6.92 Å². The molecule has 0 saturated carbocycles. The smallest absolute Gasteiger partial charge is 0.262 e. The summed E-state index contributed by atoms with van der Waals surface area (Å²) in [5.41, 5.74) is 1.09. The monoisotopic (exact) mass is 347 g/mol. The number of carbonyl (C=O) groups excluding carboxylic acids is 1. The predicted molar refractivity (Wildman–Crippen MR) is 97.7 cm³/mol. The predicted octanol–water partition coefficient (Wildman–Crippen LogP) is 3.03. The van der Waals surface area contributed by atoms with E-state index in [2.05, 4.69) is 17.2 Å². The summed E-state index contributed by atoms with van der Waals surface area (Å²) in [6, 6.07) is 0.141. The molecule has 24 heavy (non-hydrogen) atoms. The van der Waals surface area contributed by atoms with E-state index in [9.17, 15) is 9.59 Å². The van der Waals surface area contributed by atoms with E-state index < -0.39 is 0 Å². The SMILES string of the molecule is CCCCC[C@@H](C)NC(=O)Cn1cnc2sc3c(c2c1=O)CCC3. The Morgan fingerprint density at radius 3 is 3.04 bits per heavy atom. The first-order valence-electron chi connectivity index (χ1n) is 8.89. The van der Waals surface area contributed by atoms with Gasteiger partial charge in [-0.05, 0) is 38.2 Å². The van der Waals surface area contributed by atoms with Crippen molar-refractivity contribution in [3.05, 3.63) is 27.1 Å². The molecule has 1 N–H and O–H groups in total. The molecule has 0 unspecified atom stereocenters. The lowest BCUT2D eigenvalue weighted by molar-refractivity contribution is -0.122. The van der Waals surface area contributed by atoms with Crippen molar-refractivity contribution in [2.75, 3.05) is 0 Å². The van der Waals surface area contributed by atoms with Gasteiger partial charge in [-0.3, -0.25) is 14.2 Å². The highest BCUT2D eigenvalue weighted by molar-refractivity contribution is 7.18. The largest absolute Gasteiger partial charge is 0.352 e. The van der Waals surface area contributed by atoms with Crippen LogP contribution in [0.2, 0.25) is 0 Å². The number of amides is 1. The number of hydrogen-bond acceptors (Lipinski definition) is 4. The van der Waals surface area contributed by atoms with Gasteiger partial charge < -0.3 is 5.32 Å². The summed E-state index contributed by atoms with van der Waals surface area (Å²) in [6.07, 6.45) is 9.08. The average molecular weight is 347 g/mol. The maximum atomic E-state index is 12.7. The van der Waals surface area contributed by atoms with E-state index in [1.54, 1.807) is 11.3 Å². The fourth-order valence-corrected chi connectivity index (χ4v) is 4.60. The molecule has 1 amide bonds. The van der Waals surface area contributed by atoms with E-state index in [1.165, 1.54) is 28.6 Å². The quantitative estimate of drug-likeness (QED) is 0.783. The Hall–Kier alpha value is -1.69. The van der Waals surface area contributed by atoms with Gasteiger partial charge in [0.25, 0.3) is 5.56 Å². The molecule has 1 aliphatic rings. The van der Waals surface area contributed by atoms with Gasteiger partial charge in [-0.25, -0.2) is 4.98 Å². The number of unbranched alkanes of at least 4 members (excludes halogenated alkanes) is 2. The molecule has 0 fully saturated rings. The number of rotatable bonds is 7. The van der Waals surface area contributed by atoms with Crippen LogP contribution in [0.4, 0.5) is 0 Å². The van der Waals surface area contributed by atoms with Crippen molar-refractivity contribution in [1.29, 1.82) is 0 Å². The van der Waals surface area contributed by atoms with Crippen LogP contribution in [-0.4, -0.2) is 21.5 Å². The molecule has 2 aromatic heterocycles. The molecular formula is C18H25N3O2S.